The third-order valence-corrected chi connectivity index (χ3v) is 5.81. The lowest BCUT2D eigenvalue weighted by atomic mass is 10.1. The van der Waals surface area contributed by atoms with E-state index in [0.717, 1.165) is 43.3 Å². The number of benzene rings is 2. The average molecular weight is 385 g/mol. The molecule has 2 aromatic rings. The van der Waals surface area contributed by atoms with Gasteiger partial charge in [-0.2, -0.15) is 0 Å². The van der Waals surface area contributed by atoms with Crippen molar-refractivity contribution in [2.24, 2.45) is 0 Å². The Hall–Kier alpha value is -1.82. The van der Waals surface area contributed by atoms with Crippen LogP contribution in [0, 0.1) is 6.92 Å². The van der Waals surface area contributed by atoms with Crippen LogP contribution < -0.4 is 5.32 Å². The van der Waals surface area contributed by atoms with Crippen LogP contribution >= 0.6 is 11.8 Å². The molecule has 0 saturated carbocycles. The molecule has 0 aromatic heterocycles. The topological polar surface area (TPSA) is 41.6 Å². The van der Waals surface area contributed by atoms with E-state index >= 15 is 0 Å². The number of amides is 1. The van der Waals surface area contributed by atoms with Crippen molar-refractivity contribution >= 4 is 17.7 Å². The van der Waals surface area contributed by atoms with Crippen LogP contribution in [0.3, 0.4) is 0 Å². The van der Waals surface area contributed by atoms with Gasteiger partial charge < -0.3 is 10.1 Å². The lowest BCUT2D eigenvalue weighted by Gasteiger charge is -2.26. The zero-order chi connectivity index (χ0) is 19.1. The number of morpholine rings is 1. The molecule has 0 spiro atoms. The first kappa shape index (κ1) is 19.9. The molecule has 4 nitrogen and oxygen atoms in total. The van der Waals surface area contributed by atoms with Gasteiger partial charge in [-0.3, -0.25) is 9.69 Å². The summed E-state index contributed by atoms with van der Waals surface area (Å²) in [5.74, 6) is 0.0676. The van der Waals surface area contributed by atoms with Crippen LogP contribution in [0.5, 0.6) is 0 Å². The third-order valence-electron chi connectivity index (χ3n) is 4.70. The lowest BCUT2D eigenvalue weighted by Crippen LogP contribution is -2.35. The van der Waals surface area contributed by atoms with Crippen molar-refractivity contribution in [1.29, 1.82) is 0 Å². The molecule has 1 heterocycles. The first-order chi connectivity index (χ1) is 13.1. The summed E-state index contributed by atoms with van der Waals surface area (Å²) in [6.45, 7) is 9.17. The molecule has 1 amide bonds. The Labute approximate surface area is 166 Å². The standard InChI is InChI=1S/C22H28N2O2S/c1-17-3-9-21(10-4-17)27-18(2)22(25)23-15-19-5-7-20(8-6-19)16-24-11-13-26-14-12-24/h3-10,18H,11-16H2,1-2H3,(H,23,25). The number of nitrogens with one attached hydrogen (secondary N) is 1. The molecule has 5 heteroatoms. The molecule has 3 rings (SSSR count). The number of carbonyl (C=O) groups excluding carboxylic acids is 1. The summed E-state index contributed by atoms with van der Waals surface area (Å²) in [5.41, 5.74) is 3.66. The maximum atomic E-state index is 12.4. The number of nitrogens with zero attached hydrogens (tertiary/aromatic N) is 1. The van der Waals surface area contributed by atoms with Crippen LogP contribution in [0.15, 0.2) is 53.4 Å². The highest BCUT2D eigenvalue weighted by Gasteiger charge is 2.14. The van der Waals surface area contributed by atoms with Gasteiger partial charge in [0, 0.05) is 31.1 Å². The molecule has 0 bridgehead atoms. The summed E-state index contributed by atoms with van der Waals surface area (Å²) in [5, 5.41) is 2.93. The quantitative estimate of drug-likeness (QED) is 0.741. The highest BCUT2D eigenvalue weighted by molar-refractivity contribution is 8.00. The number of thioether (sulfide) groups is 1. The van der Waals surface area contributed by atoms with Gasteiger partial charge in [-0.05, 0) is 37.1 Å². The number of carbonyl (C=O) groups is 1. The fraction of sp³-hybridized carbons (Fsp3) is 0.409. The molecule has 1 atom stereocenters. The second-order valence-electron chi connectivity index (χ2n) is 7.00. The van der Waals surface area contributed by atoms with Gasteiger partial charge in [-0.25, -0.2) is 0 Å². The van der Waals surface area contributed by atoms with Crippen molar-refractivity contribution in [1.82, 2.24) is 10.2 Å². The second-order valence-corrected chi connectivity index (χ2v) is 8.41. The Bertz CT molecular complexity index is 725. The number of aryl methyl sites for hydroxylation is 1. The Balaban J connectivity index is 1.44. The van der Waals surface area contributed by atoms with Gasteiger partial charge in [0.15, 0.2) is 0 Å². The van der Waals surface area contributed by atoms with Crippen molar-refractivity contribution in [3.63, 3.8) is 0 Å². The molecule has 1 saturated heterocycles. The molecule has 0 aliphatic carbocycles. The number of rotatable bonds is 7. The normalized spacial score (nSPS) is 16.1. The molecular weight excluding hydrogens is 356 g/mol. The fourth-order valence-corrected chi connectivity index (χ4v) is 3.88. The molecule has 1 aliphatic rings. The van der Waals surface area contributed by atoms with Crippen molar-refractivity contribution in [3.8, 4) is 0 Å². The van der Waals surface area contributed by atoms with Gasteiger partial charge in [0.25, 0.3) is 0 Å². The first-order valence-corrected chi connectivity index (χ1v) is 10.4. The van der Waals surface area contributed by atoms with Gasteiger partial charge in [0.2, 0.25) is 5.91 Å². The van der Waals surface area contributed by atoms with E-state index in [2.05, 4.69) is 65.7 Å². The molecule has 2 aromatic carbocycles. The van der Waals surface area contributed by atoms with Crippen molar-refractivity contribution < 1.29 is 9.53 Å². The van der Waals surface area contributed by atoms with Crippen molar-refractivity contribution in [3.05, 3.63) is 65.2 Å². The summed E-state index contributed by atoms with van der Waals surface area (Å²) >= 11 is 1.59. The predicted molar refractivity (Wildman–Crippen MR) is 111 cm³/mol. The van der Waals surface area contributed by atoms with Crippen LogP contribution in [0.2, 0.25) is 0 Å². The monoisotopic (exact) mass is 384 g/mol. The maximum Gasteiger partial charge on any atom is 0.233 e. The zero-order valence-electron chi connectivity index (χ0n) is 16.1. The fourth-order valence-electron chi connectivity index (χ4n) is 2.99. The minimum absolute atomic E-state index is 0.0676. The first-order valence-electron chi connectivity index (χ1n) is 9.49. The molecule has 1 unspecified atom stereocenters. The van der Waals surface area contributed by atoms with Crippen LogP contribution in [0.4, 0.5) is 0 Å². The number of hydrogen-bond acceptors (Lipinski definition) is 4. The van der Waals surface area contributed by atoms with Gasteiger partial charge in [-0.15, -0.1) is 11.8 Å². The summed E-state index contributed by atoms with van der Waals surface area (Å²) in [6, 6.07) is 16.8. The highest BCUT2D eigenvalue weighted by Crippen LogP contribution is 2.23. The molecular formula is C22H28N2O2S. The van der Waals surface area contributed by atoms with Crippen LogP contribution in [-0.2, 0) is 22.6 Å². The smallest absolute Gasteiger partial charge is 0.233 e. The Morgan fingerprint density at radius 1 is 1.07 bits per heavy atom. The molecule has 1 N–H and O–H groups in total. The van der Waals surface area contributed by atoms with E-state index in [-0.39, 0.29) is 11.2 Å². The van der Waals surface area contributed by atoms with Gasteiger partial charge >= 0.3 is 0 Å². The van der Waals surface area contributed by atoms with E-state index in [9.17, 15) is 4.79 Å². The van der Waals surface area contributed by atoms with E-state index in [0.29, 0.717) is 6.54 Å². The minimum atomic E-state index is -0.117. The van der Waals surface area contributed by atoms with E-state index in [4.69, 9.17) is 4.74 Å². The predicted octanol–water partition coefficient (Wildman–Crippen LogP) is 3.62. The molecule has 0 radical (unpaired) electrons. The summed E-state index contributed by atoms with van der Waals surface area (Å²) < 4.78 is 5.39. The van der Waals surface area contributed by atoms with Gasteiger partial charge in [0.1, 0.15) is 0 Å². The van der Waals surface area contributed by atoms with Crippen LogP contribution in [0.25, 0.3) is 0 Å². The van der Waals surface area contributed by atoms with Crippen molar-refractivity contribution in [2.45, 2.75) is 37.1 Å². The molecule has 1 aliphatic heterocycles. The molecule has 27 heavy (non-hydrogen) atoms. The zero-order valence-corrected chi connectivity index (χ0v) is 16.9. The number of ether oxygens (including phenoxy) is 1. The summed E-state index contributed by atoms with van der Waals surface area (Å²) in [7, 11) is 0. The average Bonchev–Trinajstić information content (AvgIpc) is 2.69. The lowest BCUT2D eigenvalue weighted by molar-refractivity contribution is -0.120. The summed E-state index contributed by atoms with van der Waals surface area (Å²) in [4.78, 5) is 15.9. The Morgan fingerprint density at radius 2 is 1.70 bits per heavy atom. The van der Waals surface area contributed by atoms with Crippen LogP contribution in [0.1, 0.15) is 23.6 Å². The van der Waals surface area contributed by atoms with Crippen molar-refractivity contribution in [2.75, 3.05) is 26.3 Å². The minimum Gasteiger partial charge on any atom is -0.379 e. The maximum absolute atomic E-state index is 12.4. The second kappa shape index (κ2) is 9.93. The Kier molecular flexibility index (Phi) is 7.33. The van der Waals surface area contributed by atoms with E-state index in [1.54, 1.807) is 11.8 Å². The summed E-state index contributed by atoms with van der Waals surface area (Å²) in [6.07, 6.45) is 0. The Morgan fingerprint density at radius 3 is 2.37 bits per heavy atom. The van der Waals surface area contributed by atoms with E-state index in [1.807, 2.05) is 6.92 Å². The molecule has 144 valence electrons. The SMILES string of the molecule is Cc1ccc(SC(C)C(=O)NCc2ccc(CN3CCOCC3)cc2)cc1. The van der Waals surface area contributed by atoms with Crippen LogP contribution in [-0.4, -0.2) is 42.4 Å². The van der Waals surface area contributed by atoms with E-state index < -0.39 is 0 Å². The van der Waals surface area contributed by atoms with Gasteiger partial charge in [0.05, 0.1) is 18.5 Å². The highest BCUT2D eigenvalue weighted by atomic mass is 32.2. The van der Waals surface area contributed by atoms with E-state index in [1.165, 1.54) is 11.1 Å². The third kappa shape index (κ3) is 6.38. The number of hydrogen-bond donors (Lipinski definition) is 1. The molecule has 1 fully saturated rings. The largest absolute Gasteiger partial charge is 0.379 e. The van der Waals surface area contributed by atoms with Gasteiger partial charge in [-0.1, -0.05) is 42.0 Å².